The van der Waals surface area contributed by atoms with Gasteiger partial charge in [-0.1, -0.05) is 48.5 Å². The first kappa shape index (κ1) is 17.0. The summed E-state index contributed by atoms with van der Waals surface area (Å²) >= 11 is 1.52. The molecule has 0 N–H and O–H groups in total. The van der Waals surface area contributed by atoms with E-state index in [0.29, 0.717) is 6.54 Å². The average Bonchev–Trinajstić information content (AvgIpc) is 2.82. The molecule has 3 rings (SSSR count). The molecule has 0 aliphatic carbocycles. The Kier molecular flexibility index (Phi) is 5.56. The van der Waals surface area contributed by atoms with Crippen LogP contribution in [0.2, 0.25) is 0 Å². The number of thioether (sulfide) groups is 1. The van der Waals surface area contributed by atoms with E-state index in [0.717, 1.165) is 35.9 Å². The molecule has 1 aromatic carbocycles. The Morgan fingerprint density at radius 3 is 2.83 bits per heavy atom. The van der Waals surface area contributed by atoms with Crippen molar-refractivity contribution in [1.29, 1.82) is 0 Å². The quantitative estimate of drug-likeness (QED) is 0.782. The molecule has 5 nitrogen and oxygen atoms in total. The second kappa shape index (κ2) is 7.83. The zero-order valence-corrected chi connectivity index (χ0v) is 15.1. The molecular formula is C18H24N4OS. The number of carbonyl (C=O) groups is 1. The predicted octanol–water partition coefficient (Wildman–Crippen LogP) is 3.14. The number of fused-ring (bicyclic) bond motifs is 1. The van der Waals surface area contributed by atoms with Crippen molar-refractivity contribution < 1.29 is 4.79 Å². The minimum absolute atomic E-state index is 0.120. The van der Waals surface area contributed by atoms with E-state index in [1.807, 2.05) is 44.3 Å². The van der Waals surface area contributed by atoms with Gasteiger partial charge in [0.1, 0.15) is 5.82 Å². The molecule has 2 heterocycles. The summed E-state index contributed by atoms with van der Waals surface area (Å²) in [5.74, 6) is 1.18. The third-order valence-corrected chi connectivity index (χ3v) is 5.41. The first-order chi connectivity index (χ1) is 11.6. The van der Waals surface area contributed by atoms with Crippen molar-refractivity contribution in [2.24, 2.45) is 0 Å². The number of hydrogen-bond donors (Lipinski definition) is 0. The maximum atomic E-state index is 12.7. The number of aryl methyl sites for hydroxylation is 1. The van der Waals surface area contributed by atoms with Crippen molar-refractivity contribution in [2.75, 3.05) is 7.05 Å². The molecule has 1 aliphatic heterocycles. The fourth-order valence-electron chi connectivity index (χ4n) is 3.00. The smallest absolute Gasteiger partial charge is 0.235 e. The number of hydrogen-bond acceptors (Lipinski definition) is 4. The van der Waals surface area contributed by atoms with E-state index in [9.17, 15) is 4.79 Å². The fourth-order valence-corrected chi connectivity index (χ4v) is 4.01. The van der Waals surface area contributed by atoms with E-state index in [1.54, 1.807) is 4.90 Å². The molecule has 0 spiro atoms. The molecule has 0 saturated carbocycles. The SMILES string of the molecule is CC(Sc1nnc2n1CCCCC2)C(=O)N(C)Cc1ccccc1. The lowest BCUT2D eigenvalue weighted by Crippen LogP contribution is -2.33. The van der Waals surface area contributed by atoms with Gasteiger partial charge in [0.15, 0.2) is 5.16 Å². The highest BCUT2D eigenvalue weighted by atomic mass is 32.2. The normalized spacial score (nSPS) is 15.4. The lowest BCUT2D eigenvalue weighted by molar-refractivity contribution is -0.129. The molecule has 1 aliphatic rings. The van der Waals surface area contributed by atoms with Crippen LogP contribution in [0.4, 0.5) is 0 Å². The van der Waals surface area contributed by atoms with E-state index < -0.39 is 0 Å². The van der Waals surface area contributed by atoms with Crippen molar-refractivity contribution in [1.82, 2.24) is 19.7 Å². The van der Waals surface area contributed by atoms with Crippen LogP contribution in [0.15, 0.2) is 35.5 Å². The van der Waals surface area contributed by atoms with Gasteiger partial charge in [-0.25, -0.2) is 0 Å². The van der Waals surface area contributed by atoms with Gasteiger partial charge in [-0.2, -0.15) is 0 Å². The number of nitrogens with zero attached hydrogens (tertiary/aromatic N) is 4. The molecule has 1 amide bonds. The van der Waals surface area contributed by atoms with Crippen molar-refractivity contribution in [3.05, 3.63) is 41.7 Å². The van der Waals surface area contributed by atoms with E-state index >= 15 is 0 Å². The first-order valence-corrected chi connectivity index (χ1v) is 9.41. The molecule has 1 unspecified atom stereocenters. The second-order valence-corrected chi connectivity index (χ2v) is 7.61. The Morgan fingerprint density at radius 2 is 2.04 bits per heavy atom. The maximum Gasteiger partial charge on any atom is 0.235 e. The minimum atomic E-state index is -0.171. The van der Waals surface area contributed by atoms with Gasteiger partial charge in [-0.3, -0.25) is 4.79 Å². The summed E-state index contributed by atoms with van der Waals surface area (Å²) in [6.07, 6.45) is 4.57. The summed E-state index contributed by atoms with van der Waals surface area (Å²) in [5, 5.41) is 9.32. The lowest BCUT2D eigenvalue weighted by atomic mass is 10.2. The highest BCUT2D eigenvalue weighted by molar-refractivity contribution is 8.00. The highest BCUT2D eigenvalue weighted by Crippen LogP contribution is 2.26. The molecule has 1 aromatic heterocycles. The van der Waals surface area contributed by atoms with Gasteiger partial charge in [-0.15, -0.1) is 10.2 Å². The third kappa shape index (κ3) is 3.98. The summed E-state index contributed by atoms with van der Waals surface area (Å²) < 4.78 is 2.19. The van der Waals surface area contributed by atoms with Gasteiger partial charge in [-0.05, 0) is 25.3 Å². The maximum absolute atomic E-state index is 12.7. The molecule has 2 aromatic rings. The zero-order chi connectivity index (χ0) is 16.9. The van der Waals surface area contributed by atoms with Gasteiger partial charge in [0.25, 0.3) is 0 Å². The van der Waals surface area contributed by atoms with Crippen LogP contribution in [0, 0.1) is 0 Å². The van der Waals surface area contributed by atoms with E-state index in [4.69, 9.17) is 0 Å². The Hall–Kier alpha value is -1.82. The van der Waals surface area contributed by atoms with E-state index in [1.165, 1.54) is 24.6 Å². The molecule has 1 atom stereocenters. The number of benzene rings is 1. The molecule has 0 radical (unpaired) electrons. The molecule has 24 heavy (non-hydrogen) atoms. The van der Waals surface area contributed by atoms with E-state index in [2.05, 4.69) is 14.8 Å². The fraction of sp³-hybridized carbons (Fsp3) is 0.500. The van der Waals surface area contributed by atoms with Crippen LogP contribution in [-0.4, -0.2) is 37.9 Å². The standard InChI is InChI=1S/C18H24N4OS/c1-14(17(23)21(2)13-15-9-5-3-6-10-15)24-18-20-19-16-11-7-4-8-12-22(16)18/h3,5-6,9-10,14H,4,7-8,11-13H2,1-2H3. The summed E-state index contributed by atoms with van der Waals surface area (Å²) in [6.45, 7) is 3.54. The average molecular weight is 344 g/mol. The monoisotopic (exact) mass is 344 g/mol. The summed E-state index contributed by atoms with van der Waals surface area (Å²) in [5.41, 5.74) is 1.14. The van der Waals surface area contributed by atoms with Crippen LogP contribution in [0.3, 0.4) is 0 Å². The van der Waals surface area contributed by atoms with Gasteiger partial charge in [0.05, 0.1) is 5.25 Å². The van der Waals surface area contributed by atoms with Crippen molar-refractivity contribution in [2.45, 2.75) is 56.1 Å². The molecule has 0 saturated heterocycles. The van der Waals surface area contributed by atoms with Crippen LogP contribution in [0.1, 0.15) is 37.6 Å². The summed E-state index contributed by atoms with van der Waals surface area (Å²) in [7, 11) is 1.86. The van der Waals surface area contributed by atoms with Crippen molar-refractivity contribution in [3.8, 4) is 0 Å². The van der Waals surface area contributed by atoms with Crippen LogP contribution < -0.4 is 0 Å². The number of rotatable bonds is 5. The molecular weight excluding hydrogens is 320 g/mol. The minimum Gasteiger partial charge on any atom is -0.340 e. The van der Waals surface area contributed by atoms with E-state index in [-0.39, 0.29) is 11.2 Å². The van der Waals surface area contributed by atoms with Crippen LogP contribution in [0.5, 0.6) is 0 Å². The third-order valence-electron chi connectivity index (χ3n) is 4.34. The van der Waals surface area contributed by atoms with Crippen LogP contribution >= 0.6 is 11.8 Å². The predicted molar refractivity (Wildman–Crippen MR) is 95.8 cm³/mol. The zero-order valence-electron chi connectivity index (χ0n) is 14.3. The Bertz CT molecular complexity index is 686. The van der Waals surface area contributed by atoms with Crippen LogP contribution in [0.25, 0.3) is 0 Å². The number of aromatic nitrogens is 3. The Balaban J connectivity index is 1.63. The van der Waals surface area contributed by atoms with Crippen molar-refractivity contribution in [3.63, 3.8) is 0 Å². The Morgan fingerprint density at radius 1 is 1.25 bits per heavy atom. The lowest BCUT2D eigenvalue weighted by Gasteiger charge is -2.21. The molecule has 0 bridgehead atoms. The summed E-state index contributed by atoms with van der Waals surface area (Å²) in [4.78, 5) is 14.4. The number of carbonyl (C=O) groups excluding carboxylic acids is 1. The highest BCUT2D eigenvalue weighted by Gasteiger charge is 2.23. The van der Waals surface area contributed by atoms with Gasteiger partial charge < -0.3 is 9.47 Å². The van der Waals surface area contributed by atoms with Gasteiger partial charge in [0, 0.05) is 26.6 Å². The first-order valence-electron chi connectivity index (χ1n) is 8.53. The summed E-state index contributed by atoms with van der Waals surface area (Å²) in [6, 6.07) is 10.1. The van der Waals surface area contributed by atoms with Gasteiger partial charge in [0.2, 0.25) is 5.91 Å². The topological polar surface area (TPSA) is 51.0 Å². The largest absolute Gasteiger partial charge is 0.340 e. The van der Waals surface area contributed by atoms with Crippen LogP contribution in [-0.2, 0) is 24.3 Å². The molecule has 128 valence electrons. The van der Waals surface area contributed by atoms with Gasteiger partial charge >= 0.3 is 0 Å². The molecule has 6 heteroatoms. The number of amides is 1. The van der Waals surface area contributed by atoms with Crippen molar-refractivity contribution >= 4 is 17.7 Å². The Labute approximate surface area is 147 Å². The second-order valence-electron chi connectivity index (χ2n) is 6.30. The molecule has 0 fully saturated rings.